The van der Waals surface area contributed by atoms with E-state index in [0.717, 1.165) is 19.3 Å². The third-order valence-corrected chi connectivity index (χ3v) is 11.4. The Bertz CT molecular complexity index is 787. The number of hydrogen-bond donors (Lipinski definition) is 1. The van der Waals surface area contributed by atoms with E-state index in [2.05, 4.69) is 65.8 Å². The van der Waals surface area contributed by atoms with Gasteiger partial charge >= 0.3 is 0 Å². The van der Waals surface area contributed by atoms with Crippen molar-refractivity contribution in [2.24, 2.45) is 46.3 Å². The molecule has 2 heterocycles. The summed E-state index contributed by atoms with van der Waals surface area (Å²) < 4.78 is 13.3. The zero-order valence-corrected chi connectivity index (χ0v) is 21.3. The lowest BCUT2D eigenvalue weighted by molar-refractivity contribution is -0.184. The fourth-order valence-electron chi connectivity index (χ4n) is 9.02. The standard InChI is InChI=1S/C29H46O3/c1-19(2)20(3)7-8-21(4)23-9-10-24-26(23,5)13-12-25-27(6)14-11-22(30)17-28(27)15-16-29(24,25)32-18-31-28/h7-8,15-16,19-25,30H,9-14,17-18H2,1-6H3/b8-7+/t20-,21+,22-,23+,24+,25+,26+,27+,28+,29-/m0/s1. The van der Waals surface area contributed by atoms with Gasteiger partial charge in [-0.05, 0) is 73.5 Å². The Labute approximate surface area is 196 Å². The molecule has 180 valence electrons. The van der Waals surface area contributed by atoms with Gasteiger partial charge in [0, 0.05) is 17.8 Å². The molecule has 0 aromatic rings. The fraction of sp³-hybridized carbons (Fsp3) is 0.862. The highest BCUT2D eigenvalue weighted by Gasteiger charge is 2.71. The second kappa shape index (κ2) is 7.68. The molecule has 0 aromatic heterocycles. The summed E-state index contributed by atoms with van der Waals surface area (Å²) in [6.07, 6.45) is 17.2. The van der Waals surface area contributed by atoms with E-state index in [1.807, 2.05) is 0 Å². The molecule has 0 radical (unpaired) electrons. The van der Waals surface area contributed by atoms with Crippen molar-refractivity contribution in [3.05, 3.63) is 24.3 Å². The van der Waals surface area contributed by atoms with E-state index in [-0.39, 0.29) is 22.7 Å². The minimum absolute atomic E-state index is 0.0507. The summed E-state index contributed by atoms with van der Waals surface area (Å²) in [5.74, 6) is 3.69. The van der Waals surface area contributed by atoms with Gasteiger partial charge in [-0.1, -0.05) is 65.8 Å². The molecule has 3 nitrogen and oxygen atoms in total. The quantitative estimate of drug-likeness (QED) is 0.504. The first-order valence-electron chi connectivity index (χ1n) is 13.4. The van der Waals surface area contributed by atoms with Crippen LogP contribution in [0.2, 0.25) is 0 Å². The topological polar surface area (TPSA) is 38.7 Å². The Kier molecular flexibility index (Phi) is 5.55. The number of allylic oxidation sites excluding steroid dienone is 2. The van der Waals surface area contributed by atoms with Crippen LogP contribution >= 0.6 is 0 Å². The molecule has 3 heteroatoms. The van der Waals surface area contributed by atoms with Crippen LogP contribution in [0.25, 0.3) is 0 Å². The van der Waals surface area contributed by atoms with Gasteiger partial charge in [-0.25, -0.2) is 0 Å². The predicted octanol–water partition coefficient (Wildman–Crippen LogP) is 6.52. The molecule has 10 atom stereocenters. The number of aliphatic hydroxyl groups is 1. The molecule has 0 amide bonds. The molecule has 6 rings (SSSR count). The maximum atomic E-state index is 10.5. The van der Waals surface area contributed by atoms with Crippen molar-refractivity contribution in [2.75, 3.05) is 6.79 Å². The Morgan fingerprint density at radius 2 is 1.69 bits per heavy atom. The van der Waals surface area contributed by atoms with Crippen molar-refractivity contribution in [1.82, 2.24) is 0 Å². The van der Waals surface area contributed by atoms with Gasteiger partial charge in [0.15, 0.2) is 0 Å². The lowest BCUT2D eigenvalue weighted by atomic mass is 9.43. The van der Waals surface area contributed by atoms with Crippen LogP contribution in [0.1, 0.15) is 86.5 Å². The zero-order valence-electron chi connectivity index (χ0n) is 21.3. The van der Waals surface area contributed by atoms with Crippen LogP contribution in [-0.2, 0) is 9.47 Å². The Morgan fingerprint density at radius 3 is 2.44 bits per heavy atom. The summed E-state index contributed by atoms with van der Waals surface area (Å²) in [6, 6.07) is 0. The number of hydrogen-bond acceptors (Lipinski definition) is 3. The minimum atomic E-state index is -0.357. The Morgan fingerprint density at radius 1 is 0.906 bits per heavy atom. The Hall–Kier alpha value is -0.640. The average Bonchev–Trinajstić information content (AvgIpc) is 2.94. The van der Waals surface area contributed by atoms with E-state index in [0.29, 0.717) is 47.7 Å². The van der Waals surface area contributed by atoms with Crippen molar-refractivity contribution in [3.8, 4) is 0 Å². The molecule has 0 unspecified atom stereocenters. The summed E-state index contributed by atoms with van der Waals surface area (Å²) in [6.45, 7) is 14.8. The molecule has 3 saturated carbocycles. The largest absolute Gasteiger partial charge is 0.393 e. The minimum Gasteiger partial charge on any atom is -0.393 e. The molecule has 0 aromatic carbocycles. The highest BCUT2D eigenvalue weighted by Crippen LogP contribution is 2.71. The van der Waals surface area contributed by atoms with Crippen molar-refractivity contribution < 1.29 is 14.6 Å². The number of aliphatic hydroxyl groups excluding tert-OH is 1. The van der Waals surface area contributed by atoms with Gasteiger partial charge in [-0.3, -0.25) is 0 Å². The molecule has 1 N–H and O–H groups in total. The lowest BCUT2D eigenvalue weighted by Gasteiger charge is -2.64. The normalized spacial score (nSPS) is 51.9. The van der Waals surface area contributed by atoms with Gasteiger partial charge < -0.3 is 14.6 Å². The maximum absolute atomic E-state index is 10.5. The van der Waals surface area contributed by atoms with E-state index < -0.39 is 0 Å². The smallest absolute Gasteiger partial charge is 0.149 e. The van der Waals surface area contributed by atoms with Crippen LogP contribution in [-0.4, -0.2) is 29.2 Å². The van der Waals surface area contributed by atoms with E-state index >= 15 is 0 Å². The van der Waals surface area contributed by atoms with E-state index in [9.17, 15) is 5.11 Å². The van der Waals surface area contributed by atoms with Gasteiger partial charge in [0.05, 0.1) is 17.3 Å². The second-order valence-electron chi connectivity index (χ2n) is 13.0. The molecule has 1 saturated heterocycles. The predicted molar refractivity (Wildman–Crippen MR) is 129 cm³/mol. The summed E-state index contributed by atoms with van der Waals surface area (Å²) in [5, 5.41) is 10.5. The third-order valence-electron chi connectivity index (χ3n) is 11.4. The van der Waals surface area contributed by atoms with Gasteiger partial charge in [0.25, 0.3) is 0 Å². The molecule has 4 fully saturated rings. The van der Waals surface area contributed by atoms with Crippen LogP contribution in [0.15, 0.2) is 24.3 Å². The first-order chi connectivity index (χ1) is 15.1. The first-order valence-corrected chi connectivity index (χ1v) is 13.4. The molecule has 32 heavy (non-hydrogen) atoms. The SMILES string of the molecule is CC(C)[C@@H](C)/C=C/[C@@H](C)[C@H]1CC[C@@H]2[C@]1(C)CC[C@H]1[C@]23C=C[C@]2(C[C@@H](O)CC[C@]12C)OCO3. The lowest BCUT2D eigenvalue weighted by Crippen LogP contribution is -2.66. The number of fused-ring (bicyclic) bond motifs is 3. The van der Waals surface area contributed by atoms with E-state index in [4.69, 9.17) is 9.47 Å². The van der Waals surface area contributed by atoms with Gasteiger partial charge in [0.2, 0.25) is 0 Å². The van der Waals surface area contributed by atoms with Crippen molar-refractivity contribution in [3.63, 3.8) is 0 Å². The van der Waals surface area contributed by atoms with Crippen LogP contribution < -0.4 is 0 Å². The third kappa shape index (κ3) is 3.02. The fourth-order valence-corrected chi connectivity index (χ4v) is 9.02. The van der Waals surface area contributed by atoms with Crippen molar-refractivity contribution in [2.45, 2.75) is 104 Å². The highest BCUT2D eigenvalue weighted by atomic mass is 16.7. The first kappa shape index (κ1) is 23.1. The molecular formula is C29H46O3. The van der Waals surface area contributed by atoms with Crippen molar-refractivity contribution >= 4 is 0 Å². The molecule has 2 spiro atoms. The second-order valence-corrected chi connectivity index (χ2v) is 13.0. The molecule has 2 bridgehead atoms. The van der Waals surface area contributed by atoms with Crippen molar-refractivity contribution in [1.29, 1.82) is 0 Å². The monoisotopic (exact) mass is 442 g/mol. The van der Waals surface area contributed by atoms with Gasteiger partial charge in [-0.15, -0.1) is 0 Å². The van der Waals surface area contributed by atoms with Crippen LogP contribution in [0, 0.1) is 46.3 Å². The van der Waals surface area contributed by atoms with Crippen LogP contribution in [0.3, 0.4) is 0 Å². The zero-order chi connectivity index (χ0) is 22.9. The average molecular weight is 443 g/mol. The van der Waals surface area contributed by atoms with Crippen LogP contribution in [0.4, 0.5) is 0 Å². The summed E-state index contributed by atoms with van der Waals surface area (Å²) in [5.41, 5.74) is -0.201. The molecule has 2 aliphatic heterocycles. The molecular weight excluding hydrogens is 396 g/mol. The van der Waals surface area contributed by atoms with E-state index in [1.165, 1.54) is 25.7 Å². The summed E-state index contributed by atoms with van der Waals surface area (Å²) in [7, 11) is 0. The number of rotatable bonds is 4. The summed E-state index contributed by atoms with van der Waals surface area (Å²) >= 11 is 0. The Balaban J connectivity index is 1.48. The summed E-state index contributed by atoms with van der Waals surface area (Å²) in [4.78, 5) is 0. The van der Waals surface area contributed by atoms with Crippen LogP contribution in [0.5, 0.6) is 0 Å². The maximum Gasteiger partial charge on any atom is 0.149 e. The number of ether oxygens (including phenoxy) is 2. The highest BCUT2D eigenvalue weighted by molar-refractivity contribution is 5.32. The van der Waals surface area contributed by atoms with E-state index in [1.54, 1.807) is 0 Å². The molecule has 6 aliphatic rings. The molecule has 4 aliphatic carbocycles. The van der Waals surface area contributed by atoms with Gasteiger partial charge in [-0.2, -0.15) is 0 Å². The van der Waals surface area contributed by atoms with Gasteiger partial charge in [0.1, 0.15) is 6.79 Å².